The first kappa shape index (κ1) is 21.9. The molecule has 1 saturated heterocycles. The Balaban J connectivity index is 0.00000261. The molecule has 1 heterocycles. The molecule has 1 aliphatic heterocycles. The molecule has 0 radical (unpaired) electrons. The standard InChI is InChI=1S/C19H28FN5O.HI/c1-2-22-19(23-13-7-9-25(10-8-13)12-18(21)26)24-17-11-15(17)14-5-3-4-6-16(14)20;/h3-6,13,15,17H,2,7-12H2,1H3,(H2,21,26)(H2,22,23,24);1H. The number of guanidine groups is 1. The molecule has 4 N–H and O–H groups in total. The van der Waals surface area contributed by atoms with E-state index in [-0.39, 0.29) is 47.7 Å². The van der Waals surface area contributed by atoms with Gasteiger partial charge in [0.2, 0.25) is 5.91 Å². The predicted molar refractivity (Wildman–Crippen MR) is 116 cm³/mol. The molecule has 0 bridgehead atoms. The van der Waals surface area contributed by atoms with Crippen molar-refractivity contribution in [3.63, 3.8) is 0 Å². The summed E-state index contributed by atoms with van der Waals surface area (Å²) in [5.41, 5.74) is 6.04. The van der Waals surface area contributed by atoms with Crippen LogP contribution in [0, 0.1) is 5.82 Å². The normalized spacial score (nSPS) is 23.4. The maximum absolute atomic E-state index is 13.9. The molecular formula is C19H29FIN5O. The molecule has 2 unspecified atom stereocenters. The number of aliphatic imine (C=N–C) groups is 1. The van der Waals surface area contributed by atoms with Crippen LogP contribution in [0.4, 0.5) is 4.39 Å². The van der Waals surface area contributed by atoms with Crippen LogP contribution in [0.15, 0.2) is 29.3 Å². The van der Waals surface area contributed by atoms with Crippen LogP contribution in [0.3, 0.4) is 0 Å². The SMILES string of the molecule is CCN=C(NC1CCN(CC(N)=O)CC1)NC1CC1c1ccccc1F.I. The maximum Gasteiger partial charge on any atom is 0.231 e. The highest BCUT2D eigenvalue weighted by molar-refractivity contribution is 14.0. The fourth-order valence-electron chi connectivity index (χ4n) is 3.59. The number of benzene rings is 1. The molecule has 2 atom stereocenters. The van der Waals surface area contributed by atoms with Crippen LogP contribution in [0.2, 0.25) is 0 Å². The Hall–Kier alpha value is -1.42. The number of hydrogen-bond donors (Lipinski definition) is 3. The highest BCUT2D eigenvalue weighted by Crippen LogP contribution is 2.41. The van der Waals surface area contributed by atoms with Gasteiger partial charge in [0.15, 0.2) is 5.96 Å². The first-order chi connectivity index (χ1) is 12.6. The summed E-state index contributed by atoms with van der Waals surface area (Å²) in [6, 6.07) is 7.53. The molecule has 0 spiro atoms. The van der Waals surface area contributed by atoms with Gasteiger partial charge in [-0.2, -0.15) is 0 Å². The van der Waals surface area contributed by atoms with Crippen LogP contribution in [-0.4, -0.2) is 55.0 Å². The summed E-state index contributed by atoms with van der Waals surface area (Å²) in [5.74, 6) is 0.590. The van der Waals surface area contributed by atoms with Crippen molar-refractivity contribution >= 4 is 35.8 Å². The monoisotopic (exact) mass is 489 g/mol. The molecule has 0 aromatic heterocycles. The van der Waals surface area contributed by atoms with Crippen molar-refractivity contribution in [1.82, 2.24) is 15.5 Å². The number of carbonyl (C=O) groups is 1. The number of carbonyl (C=O) groups excluding carboxylic acids is 1. The molecule has 2 fully saturated rings. The molecule has 6 nitrogen and oxygen atoms in total. The Bertz CT molecular complexity index is 663. The van der Waals surface area contributed by atoms with E-state index in [0.29, 0.717) is 19.1 Å². The lowest BCUT2D eigenvalue weighted by atomic mass is 10.1. The second-order valence-electron chi connectivity index (χ2n) is 7.10. The molecule has 1 aromatic carbocycles. The summed E-state index contributed by atoms with van der Waals surface area (Å²) in [6.07, 6.45) is 2.81. The lowest BCUT2D eigenvalue weighted by molar-refractivity contribution is -0.119. The van der Waals surface area contributed by atoms with Crippen molar-refractivity contribution in [1.29, 1.82) is 0 Å². The number of amides is 1. The van der Waals surface area contributed by atoms with Gasteiger partial charge in [-0.25, -0.2) is 4.39 Å². The fraction of sp³-hybridized carbons (Fsp3) is 0.579. The number of primary amides is 1. The first-order valence-electron chi connectivity index (χ1n) is 9.39. The summed E-state index contributed by atoms with van der Waals surface area (Å²) >= 11 is 0. The average molecular weight is 489 g/mol. The molecule has 3 rings (SSSR count). The van der Waals surface area contributed by atoms with Gasteiger partial charge in [-0.05, 0) is 37.8 Å². The van der Waals surface area contributed by atoms with E-state index in [1.165, 1.54) is 6.07 Å². The number of nitrogens with zero attached hydrogens (tertiary/aromatic N) is 2. The highest BCUT2D eigenvalue weighted by Gasteiger charge is 2.40. The van der Waals surface area contributed by atoms with Gasteiger partial charge in [-0.3, -0.25) is 14.7 Å². The Labute approximate surface area is 177 Å². The molecule has 1 aliphatic carbocycles. The first-order valence-corrected chi connectivity index (χ1v) is 9.39. The van der Waals surface area contributed by atoms with Gasteiger partial charge < -0.3 is 16.4 Å². The summed E-state index contributed by atoms with van der Waals surface area (Å²) in [4.78, 5) is 17.6. The van der Waals surface area contributed by atoms with Crippen molar-refractivity contribution in [2.24, 2.45) is 10.7 Å². The quantitative estimate of drug-likeness (QED) is 0.324. The van der Waals surface area contributed by atoms with Crippen LogP contribution in [0.5, 0.6) is 0 Å². The molecule has 8 heteroatoms. The van der Waals surface area contributed by atoms with Crippen LogP contribution >= 0.6 is 24.0 Å². The van der Waals surface area contributed by atoms with Crippen molar-refractivity contribution in [2.75, 3.05) is 26.2 Å². The van der Waals surface area contributed by atoms with E-state index < -0.39 is 0 Å². The molecule has 1 amide bonds. The Kier molecular flexibility index (Phi) is 8.28. The number of nitrogens with two attached hydrogens (primary N) is 1. The summed E-state index contributed by atoms with van der Waals surface area (Å²) in [7, 11) is 0. The van der Waals surface area contributed by atoms with E-state index in [2.05, 4.69) is 20.5 Å². The molecule has 27 heavy (non-hydrogen) atoms. The zero-order chi connectivity index (χ0) is 18.5. The Morgan fingerprint density at radius 1 is 1.30 bits per heavy atom. The van der Waals surface area contributed by atoms with E-state index >= 15 is 0 Å². The van der Waals surface area contributed by atoms with E-state index in [1.807, 2.05) is 19.1 Å². The predicted octanol–water partition coefficient (Wildman–Crippen LogP) is 1.80. The minimum Gasteiger partial charge on any atom is -0.369 e. The molecule has 2 aliphatic rings. The van der Waals surface area contributed by atoms with Crippen LogP contribution in [0.25, 0.3) is 0 Å². The number of piperidine rings is 1. The van der Waals surface area contributed by atoms with Gasteiger partial charge in [0.1, 0.15) is 5.82 Å². The lowest BCUT2D eigenvalue weighted by Gasteiger charge is -2.32. The topological polar surface area (TPSA) is 82.8 Å². The molecule has 150 valence electrons. The van der Waals surface area contributed by atoms with Gasteiger partial charge in [-0.1, -0.05) is 18.2 Å². The van der Waals surface area contributed by atoms with E-state index in [1.54, 1.807) is 6.07 Å². The van der Waals surface area contributed by atoms with E-state index in [4.69, 9.17) is 5.73 Å². The summed E-state index contributed by atoms with van der Waals surface area (Å²) in [6.45, 7) is 4.71. The smallest absolute Gasteiger partial charge is 0.231 e. The largest absolute Gasteiger partial charge is 0.369 e. The van der Waals surface area contributed by atoms with Crippen LogP contribution in [0.1, 0.15) is 37.7 Å². The van der Waals surface area contributed by atoms with Crippen molar-refractivity contribution in [2.45, 2.75) is 44.2 Å². The van der Waals surface area contributed by atoms with Crippen molar-refractivity contribution < 1.29 is 9.18 Å². The lowest BCUT2D eigenvalue weighted by Crippen LogP contribution is -2.50. The third-order valence-corrected chi connectivity index (χ3v) is 5.04. The van der Waals surface area contributed by atoms with Crippen molar-refractivity contribution in [3.8, 4) is 0 Å². The number of likely N-dealkylation sites (tertiary alicyclic amines) is 1. The minimum atomic E-state index is -0.278. The Morgan fingerprint density at radius 3 is 2.63 bits per heavy atom. The number of nitrogens with one attached hydrogen (secondary N) is 2. The fourth-order valence-corrected chi connectivity index (χ4v) is 3.59. The number of rotatable bonds is 6. The highest BCUT2D eigenvalue weighted by atomic mass is 127. The molecule has 1 saturated carbocycles. The molecule has 1 aromatic rings. The second kappa shape index (κ2) is 10.2. The Morgan fingerprint density at radius 2 is 2.00 bits per heavy atom. The third-order valence-electron chi connectivity index (χ3n) is 5.04. The zero-order valence-corrected chi connectivity index (χ0v) is 18.0. The maximum atomic E-state index is 13.9. The summed E-state index contributed by atoms with van der Waals surface area (Å²) < 4.78 is 13.9. The summed E-state index contributed by atoms with van der Waals surface area (Å²) in [5, 5.41) is 6.93. The van der Waals surface area contributed by atoms with Gasteiger partial charge in [0, 0.05) is 37.6 Å². The number of hydrogen-bond acceptors (Lipinski definition) is 3. The van der Waals surface area contributed by atoms with E-state index in [0.717, 1.165) is 43.9 Å². The van der Waals surface area contributed by atoms with Crippen LogP contribution in [-0.2, 0) is 4.79 Å². The van der Waals surface area contributed by atoms with Gasteiger partial charge in [-0.15, -0.1) is 24.0 Å². The third kappa shape index (κ3) is 6.31. The van der Waals surface area contributed by atoms with Crippen LogP contribution < -0.4 is 16.4 Å². The zero-order valence-electron chi connectivity index (χ0n) is 15.7. The van der Waals surface area contributed by atoms with Gasteiger partial charge in [0.25, 0.3) is 0 Å². The second-order valence-corrected chi connectivity index (χ2v) is 7.10. The average Bonchev–Trinajstić information content (AvgIpc) is 3.35. The van der Waals surface area contributed by atoms with Gasteiger partial charge >= 0.3 is 0 Å². The molecular weight excluding hydrogens is 460 g/mol. The van der Waals surface area contributed by atoms with Gasteiger partial charge in [0.05, 0.1) is 6.54 Å². The van der Waals surface area contributed by atoms with Crippen molar-refractivity contribution in [3.05, 3.63) is 35.6 Å². The minimum absolute atomic E-state index is 0. The van der Waals surface area contributed by atoms with E-state index in [9.17, 15) is 9.18 Å². The number of halogens is 2.